The number of benzene rings is 1. The molecule has 0 radical (unpaired) electrons. The zero-order chi connectivity index (χ0) is 17.1. The number of methoxy groups -OCH3 is 1. The zero-order valence-electron chi connectivity index (χ0n) is 12.7. The molecule has 0 aliphatic heterocycles. The normalized spacial score (nSPS) is 11.8. The fourth-order valence-electron chi connectivity index (χ4n) is 2.20. The number of hydrogen-bond acceptors (Lipinski definition) is 5. The Balaban J connectivity index is 2.07. The SMILES string of the molecule is COC(=O)CCn1c(=NC(=O)c2ccco2)sc2cc(Cl)ccc21. The molecule has 0 saturated heterocycles. The van der Waals surface area contributed by atoms with Crippen molar-refractivity contribution in [3.05, 3.63) is 52.2 Å². The van der Waals surface area contributed by atoms with Crippen molar-refractivity contribution in [3.8, 4) is 0 Å². The van der Waals surface area contributed by atoms with Gasteiger partial charge in [0.15, 0.2) is 10.6 Å². The third-order valence-corrected chi connectivity index (χ3v) is 4.62. The van der Waals surface area contributed by atoms with Crippen LogP contribution in [-0.2, 0) is 16.1 Å². The van der Waals surface area contributed by atoms with Gasteiger partial charge in [-0.1, -0.05) is 22.9 Å². The molecule has 2 heterocycles. The van der Waals surface area contributed by atoms with Gasteiger partial charge in [-0.05, 0) is 30.3 Å². The molecule has 0 atom stereocenters. The van der Waals surface area contributed by atoms with E-state index < -0.39 is 5.91 Å². The molecular formula is C16H13ClN2O4S. The monoisotopic (exact) mass is 364 g/mol. The van der Waals surface area contributed by atoms with E-state index in [2.05, 4.69) is 9.73 Å². The lowest BCUT2D eigenvalue weighted by atomic mass is 10.3. The highest BCUT2D eigenvalue weighted by Gasteiger charge is 2.12. The van der Waals surface area contributed by atoms with E-state index in [1.165, 1.54) is 24.7 Å². The number of carbonyl (C=O) groups excluding carboxylic acids is 2. The molecule has 8 heteroatoms. The molecule has 24 heavy (non-hydrogen) atoms. The van der Waals surface area contributed by atoms with Crippen LogP contribution in [0.25, 0.3) is 10.2 Å². The zero-order valence-corrected chi connectivity index (χ0v) is 14.3. The maximum absolute atomic E-state index is 12.2. The van der Waals surface area contributed by atoms with Crippen LogP contribution >= 0.6 is 22.9 Å². The average molecular weight is 365 g/mol. The Morgan fingerprint density at radius 1 is 1.38 bits per heavy atom. The lowest BCUT2D eigenvalue weighted by Crippen LogP contribution is -2.19. The smallest absolute Gasteiger partial charge is 0.315 e. The van der Waals surface area contributed by atoms with Crippen LogP contribution in [0.5, 0.6) is 0 Å². The number of carbonyl (C=O) groups is 2. The summed E-state index contributed by atoms with van der Waals surface area (Å²) < 4.78 is 12.4. The minimum absolute atomic E-state index is 0.157. The third kappa shape index (κ3) is 3.42. The van der Waals surface area contributed by atoms with Crippen LogP contribution in [0, 0.1) is 0 Å². The molecule has 2 aromatic heterocycles. The first-order valence-electron chi connectivity index (χ1n) is 7.07. The maximum Gasteiger partial charge on any atom is 0.315 e. The highest BCUT2D eigenvalue weighted by Crippen LogP contribution is 2.22. The van der Waals surface area contributed by atoms with Gasteiger partial charge in [-0.15, -0.1) is 0 Å². The standard InChI is InChI=1S/C16H13ClN2O4S/c1-22-14(20)6-7-19-11-5-4-10(17)9-13(11)24-16(19)18-15(21)12-3-2-8-23-12/h2-5,8-9H,6-7H2,1H3. The van der Waals surface area contributed by atoms with Crippen LogP contribution in [0.1, 0.15) is 17.0 Å². The third-order valence-electron chi connectivity index (χ3n) is 3.34. The predicted octanol–water partition coefficient (Wildman–Crippen LogP) is 3.25. The van der Waals surface area contributed by atoms with Gasteiger partial charge in [0, 0.05) is 11.6 Å². The fourth-order valence-corrected chi connectivity index (χ4v) is 3.53. The van der Waals surface area contributed by atoms with Gasteiger partial charge in [0.2, 0.25) is 0 Å². The summed E-state index contributed by atoms with van der Waals surface area (Å²) >= 11 is 7.35. The molecule has 0 saturated carbocycles. The van der Waals surface area contributed by atoms with Crippen LogP contribution < -0.4 is 4.80 Å². The molecular weight excluding hydrogens is 352 g/mol. The summed E-state index contributed by atoms with van der Waals surface area (Å²) in [6.45, 7) is 0.346. The Morgan fingerprint density at radius 2 is 2.21 bits per heavy atom. The number of furan rings is 1. The number of nitrogens with zero attached hydrogens (tertiary/aromatic N) is 2. The van der Waals surface area contributed by atoms with Crippen LogP contribution in [0.2, 0.25) is 5.02 Å². The van der Waals surface area contributed by atoms with Gasteiger partial charge in [-0.2, -0.15) is 4.99 Å². The molecule has 0 N–H and O–H groups in total. The first-order valence-corrected chi connectivity index (χ1v) is 8.26. The van der Waals surface area contributed by atoms with Crippen LogP contribution in [0.3, 0.4) is 0 Å². The maximum atomic E-state index is 12.2. The number of fused-ring (bicyclic) bond motifs is 1. The summed E-state index contributed by atoms with van der Waals surface area (Å²) in [6, 6.07) is 8.56. The topological polar surface area (TPSA) is 73.8 Å². The number of aromatic nitrogens is 1. The van der Waals surface area contributed by atoms with Gasteiger partial charge in [0.05, 0.1) is 30.0 Å². The van der Waals surface area contributed by atoms with Gasteiger partial charge < -0.3 is 13.7 Å². The minimum Gasteiger partial charge on any atom is -0.469 e. The molecule has 0 bridgehead atoms. The van der Waals surface area contributed by atoms with E-state index in [4.69, 9.17) is 16.0 Å². The summed E-state index contributed by atoms with van der Waals surface area (Å²) in [5, 5.41) is 0.591. The number of hydrogen-bond donors (Lipinski definition) is 0. The molecule has 1 aromatic carbocycles. The average Bonchev–Trinajstić information content (AvgIpc) is 3.20. The van der Waals surface area contributed by atoms with Crippen molar-refractivity contribution in [3.63, 3.8) is 0 Å². The highest BCUT2D eigenvalue weighted by atomic mass is 35.5. The van der Waals surface area contributed by atoms with Crippen LogP contribution in [0.4, 0.5) is 0 Å². The first kappa shape index (κ1) is 16.5. The molecule has 3 rings (SSSR count). The molecule has 0 aliphatic carbocycles. The number of halogens is 1. The van der Waals surface area contributed by atoms with E-state index in [1.807, 2.05) is 6.07 Å². The lowest BCUT2D eigenvalue weighted by molar-refractivity contribution is -0.140. The van der Waals surface area contributed by atoms with Gasteiger partial charge in [0.1, 0.15) is 0 Å². The highest BCUT2D eigenvalue weighted by molar-refractivity contribution is 7.16. The molecule has 124 valence electrons. The van der Waals surface area contributed by atoms with Gasteiger partial charge in [-0.25, -0.2) is 0 Å². The van der Waals surface area contributed by atoms with Gasteiger partial charge >= 0.3 is 11.9 Å². The summed E-state index contributed by atoms with van der Waals surface area (Å²) in [5.41, 5.74) is 0.847. The van der Waals surface area contributed by atoms with E-state index in [0.29, 0.717) is 16.4 Å². The largest absolute Gasteiger partial charge is 0.469 e. The van der Waals surface area contributed by atoms with Crippen molar-refractivity contribution in [2.24, 2.45) is 4.99 Å². The second-order valence-electron chi connectivity index (χ2n) is 4.87. The van der Waals surface area contributed by atoms with Gasteiger partial charge in [-0.3, -0.25) is 9.59 Å². The first-order chi connectivity index (χ1) is 11.6. The van der Waals surface area contributed by atoms with E-state index in [0.717, 1.165) is 10.2 Å². The molecule has 0 unspecified atom stereocenters. The van der Waals surface area contributed by atoms with Crippen molar-refractivity contribution in [2.45, 2.75) is 13.0 Å². The Bertz CT molecular complexity index is 956. The number of thiazole rings is 1. The van der Waals surface area contributed by atoms with E-state index >= 15 is 0 Å². The lowest BCUT2D eigenvalue weighted by Gasteiger charge is -2.04. The number of esters is 1. The molecule has 0 spiro atoms. The summed E-state index contributed by atoms with van der Waals surface area (Å²) in [7, 11) is 1.34. The molecule has 6 nitrogen and oxygen atoms in total. The Morgan fingerprint density at radius 3 is 2.92 bits per heavy atom. The van der Waals surface area contributed by atoms with E-state index in [-0.39, 0.29) is 18.2 Å². The van der Waals surface area contributed by atoms with Crippen LogP contribution in [-0.4, -0.2) is 23.6 Å². The van der Waals surface area contributed by atoms with E-state index in [9.17, 15) is 9.59 Å². The number of rotatable bonds is 4. The minimum atomic E-state index is -0.482. The van der Waals surface area contributed by atoms with Crippen molar-refractivity contribution < 1.29 is 18.7 Å². The van der Waals surface area contributed by atoms with Crippen LogP contribution in [0.15, 0.2) is 46.0 Å². The molecule has 1 amide bonds. The Kier molecular flexibility index (Phi) is 4.82. The van der Waals surface area contributed by atoms with Crippen molar-refractivity contribution >= 4 is 45.0 Å². The second kappa shape index (κ2) is 7.02. The van der Waals surface area contributed by atoms with Gasteiger partial charge in [0.25, 0.3) is 0 Å². The van der Waals surface area contributed by atoms with Crippen molar-refractivity contribution in [1.82, 2.24) is 4.57 Å². The summed E-state index contributed by atoms with van der Waals surface area (Å²) in [6.07, 6.45) is 1.59. The second-order valence-corrected chi connectivity index (χ2v) is 6.31. The number of ether oxygens (including phenoxy) is 1. The molecule has 0 aliphatic rings. The number of aryl methyl sites for hydroxylation is 1. The molecule has 3 aromatic rings. The quantitative estimate of drug-likeness (QED) is 0.666. The fraction of sp³-hybridized carbons (Fsp3) is 0.188. The Hall–Kier alpha value is -2.38. The summed E-state index contributed by atoms with van der Waals surface area (Å²) in [5.74, 6) is -0.659. The summed E-state index contributed by atoms with van der Waals surface area (Å²) in [4.78, 5) is 28.2. The predicted molar refractivity (Wildman–Crippen MR) is 90.1 cm³/mol. The van der Waals surface area contributed by atoms with E-state index in [1.54, 1.807) is 28.8 Å². The van der Waals surface area contributed by atoms with Crippen molar-refractivity contribution in [1.29, 1.82) is 0 Å². The number of amides is 1. The molecule has 0 fully saturated rings. The van der Waals surface area contributed by atoms with Crippen molar-refractivity contribution in [2.75, 3.05) is 7.11 Å². The Labute approximate surface area is 145 Å².